The molecule has 2 aromatic heterocycles. The van der Waals surface area contributed by atoms with Crippen molar-refractivity contribution in [1.82, 2.24) is 19.7 Å². The van der Waals surface area contributed by atoms with E-state index in [1.807, 2.05) is 48.1 Å². The van der Waals surface area contributed by atoms with Crippen LogP contribution in [0.4, 0.5) is 24.8 Å². The molecule has 7 rings (SSSR count). The van der Waals surface area contributed by atoms with E-state index in [0.29, 0.717) is 35.5 Å². The highest BCUT2D eigenvalue weighted by molar-refractivity contribution is 5.98. The van der Waals surface area contributed by atoms with Gasteiger partial charge < -0.3 is 5.32 Å². The van der Waals surface area contributed by atoms with Gasteiger partial charge in [-0.25, -0.2) is 9.97 Å². The van der Waals surface area contributed by atoms with Crippen LogP contribution in [0.3, 0.4) is 0 Å². The molecule has 1 atom stereocenters. The Bertz CT molecular complexity index is 1860. The summed E-state index contributed by atoms with van der Waals surface area (Å²) in [4.78, 5) is 22.8. The highest BCUT2D eigenvalue weighted by atomic mass is 19.4. The fraction of sp³-hybridized carbons (Fsp3) is 0.314. The molecule has 0 amide bonds. The molecule has 0 saturated heterocycles. The van der Waals surface area contributed by atoms with Gasteiger partial charge in [0, 0.05) is 29.8 Å². The van der Waals surface area contributed by atoms with Gasteiger partial charge in [0.05, 0.1) is 29.0 Å². The number of ketones is 1. The molecule has 0 bridgehead atoms. The molecule has 1 unspecified atom stereocenters. The monoisotopic (exact) mass is 595 g/mol. The number of nitrogens with zero attached hydrogens (tertiary/aromatic N) is 4. The molecule has 1 N–H and O–H groups in total. The summed E-state index contributed by atoms with van der Waals surface area (Å²) in [5.74, 6) is 0.568. The van der Waals surface area contributed by atoms with Crippen molar-refractivity contribution in [2.24, 2.45) is 0 Å². The van der Waals surface area contributed by atoms with Gasteiger partial charge in [-0.2, -0.15) is 18.3 Å². The molecule has 2 heterocycles. The number of anilines is 2. The molecule has 0 radical (unpaired) electrons. The van der Waals surface area contributed by atoms with E-state index in [-0.39, 0.29) is 18.1 Å². The number of halogens is 3. The van der Waals surface area contributed by atoms with Crippen LogP contribution in [-0.4, -0.2) is 25.5 Å². The Labute approximate surface area is 253 Å². The minimum Gasteiger partial charge on any atom is -0.321 e. The first-order valence-corrected chi connectivity index (χ1v) is 15.2. The quantitative estimate of drug-likeness (QED) is 0.163. The van der Waals surface area contributed by atoms with Crippen LogP contribution in [0.25, 0.3) is 22.0 Å². The Hall–Kier alpha value is -4.53. The number of benzene rings is 3. The fourth-order valence-corrected chi connectivity index (χ4v) is 5.87. The number of nitrogens with one attached hydrogen (secondary N) is 1. The second-order valence-corrected chi connectivity index (χ2v) is 12.0. The van der Waals surface area contributed by atoms with Gasteiger partial charge in [-0.15, -0.1) is 0 Å². The number of carbonyl (C=O) groups excluding carboxylic acids is 1. The molecule has 44 heavy (non-hydrogen) atoms. The van der Waals surface area contributed by atoms with E-state index in [9.17, 15) is 18.0 Å². The minimum absolute atomic E-state index is 0.0808. The molecule has 3 aromatic carbocycles. The standard InChI is InChI=1S/C35H32F3N5O/c1-2-21(23-4-3-5-27(15-23)35(36,37)38)17-33(44)25-8-12-30(22-6-7-22)31(16-25)24-9-13-32-26(14-24)18-39-34(42-32)41-28-19-40-43(20-28)29-10-11-29/h3-5,8-9,12-16,18-22,29H,2,6-7,10-11,17H2,1H3,(H,39,41,42). The normalized spacial score (nSPS) is 15.8. The Morgan fingerprint density at radius 2 is 1.86 bits per heavy atom. The summed E-state index contributed by atoms with van der Waals surface area (Å²) < 4.78 is 42.0. The summed E-state index contributed by atoms with van der Waals surface area (Å²) in [6, 6.07) is 17.7. The number of fused-ring (bicyclic) bond motifs is 1. The first-order chi connectivity index (χ1) is 21.2. The Morgan fingerprint density at radius 1 is 1.02 bits per heavy atom. The third kappa shape index (κ3) is 5.96. The minimum atomic E-state index is -4.42. The number of rotatable bonds is 10. The predicted octanol–water partition coefficient (Wildman–Crippen LogP) is 9.23. The third-order valence-corrected chi connectivity index (χ3v) is 8.67. The number of carbonyl (C=O) groups is 1. The molecule has 2 fully saturated rings. The maximum atomic E-state index is 13.5. The Morgan fingerprint density at radius 3 is 2.61 bits per heavy atom. The summed E-state index contributed by atoms with van der Waals surface area (Å²) in [6.07, 6.45) is 6.37. The molecule has 6 nitrogen and oxygen atoms in total. The molecule has 2 aliphatic carbocycles. The van der Waals surface area contributed by atoms with Crippen LogP contribution in [0.5, 0.6) is 0 Å². The zero-order valence-electron chi connectivity index (χ0n) is 24.3. The zero-order chi connectivity index (χ0) is 30.4. The lowest BCUT2D eigenvalue weighted by Crippen LogP contribution is -2.10. The van der Waals surface area contributed by atoms with E-state index in [1.54, 1.807) is 18.5 Å². The number of aromatic nitrogens is 4. The second-order valence-electron chi connectivity index (χ2n) is 12.0. The van der Waals surface area contributed by atoms with Gasteiger partial charge >= 0.3 is 6.18 Å². The summed E-state index contributed by atoms with van der Waals surface area (Å²) in [5.41, 5.74) is 5.25. The maximum absolute atomic E-state index is 13.5. The zero-order valence-corrected chi connectivity index (χ0v) is 24.3. The van der Waals surface area contributed by atoms with Crippen LogP contribution >= 0.6 is 0 Å². The number of alkyl halides is 3. The number of Topliss-reactive ketones (excluding diaryl/α,β-unsaturated/α-hetero) is 1. The van der Waals surface area contributed by atoms with Gasteiger partial charge in [-0.3, -0.25) is 9.48 Å². The maximum Gasteiger partial charge on any atom is 0.416 e. The van der Waals surface area contributed by atoms with Crippen LogP contribution in [-0.2, 0) is 6.18 Å². The van der Waals surface area contributed by atoms with Crippen molar-refractivity contribution in [2.75, 3.05) is 5.32 Å². The van der Waals surface area contributed by atoms with E-state index in [1.165, 1.54) is 17.7 Å². The average Bonchev–Trinajstić information content (AvgIpc) is 3.97. The van der Waals surface area contributed by atoms with E-state index < -0.39 is 11.7 Å². The van der Waals surface area contributed by atoms with E-state index in [4.69, 9.17) is 4.98 Å². The molecule has 5 aromatic rings. The number of hydrogen-bond acceptors (Lipinski definition) is 5. The van der Waals surface area contributed by atoms with Crippen molar-refractivity contribution >= 4 is 28.3 Å². The first-order valence-electron chi connectivity index (χ1n) is 15.2. The van der Waals surface area contributed by atoms with E-state index in [0.717, 1.165) is 59.5 Å². The molecular formula is C35H32F3N5O. The predicted molar refractivity (Wildman–Crippen MR) is 164 cm³/mol. The van der Waals surface area contributed by atoms with Crippen molar-refractivity contribution in [3.8, 4) is 11.1 Å². The van der Waals surface area contributed by atoms with Gasteiger partial charge in [0.1, 0.15) is 0 Å². The smallest absolute Gasteiger partial charge is 0.321 e. The van der Waals surface area contributed by atoms with Crippen molar-refractivity contribution in [3.05, 3.63) is 102 Å². The van der Waals surface area contributed by atoms with Gasteiger partial charge in [-0.1, -0.05) is 43.3 Å². The average molecular weight is 596 g/mol. The van der Waals surface area contributed by atoms with Gasteiger partial charge in [-0.05, 0) is 90.5 Å². The molecule has 2 aliphatic rings. The largest absolute Gasteiger partial charge is 0.416 e. The highest BCUT2D eigenvalue weighted by Gasteiger charge is 2.31. The first kappa shape index (κ1) is 28.3. The van der Waals surface area contributed by atoms with Crippen molar-refractivity contribution < 1.29 is 18.0 Å². The molecule has 224 valence electrons. The van der Waals surface area contributed by atoms with Crippen molar-refractivity contribution in [1.29, 1.82) is 0 Å². The lowest BCUT2D eigenvalue weighted by atomic mass is 9.87. The highest BCUT2D eigenvalue weighted by Crippen LogP contribution is 2.45. The molecule has 0 spiro atoms. The molecule has 9 heteroatoms. The summed E-state index contributed by atoms with van der Waals surface area (Å²) in [7, 11) is 0. The topological polar surface area (TPSA) is 72.7 Å². The van der Waals surface area contributed by atoms with Crippen LogP contribution in [0, 0.1) is 0 Å². The number of hydrogen-bond donors (Lipinski definition) is 1. The van der Waals surface area contributed by atoms with Crippen LogP contribution in [0.15, 0.2) is 79.3 Å². The lowest BCUT2D eigenvalue weighted by Gasteiger charge is -2.18. The molecule has 2 saturated carbocycles. The van der Waals surface area contributed by atoms with Gasteiger partial charge in [0.25, 0.3) is 0 Å². The fourth-order valence-electron chi connectivity index (χ4n) is 5.87. The summed E-state index contributed by atoms with van der Waals surface area (Å²) in [6.45, 7) is 1.90. The van der Waals surface area contributed by atoms with Crippen molar-refractivity contribution in [2.45, 2.75) is 69.5 Å². The van der Waals surface area contributed by atoms with Crippen molar-refractivity contribution in [3.63, 3.8) is 0 Å². The third-order valence-electron chi connectivity index (χ3n) is 8.67. The van der Waals surface area contributed by atoms with Crippen LogP contribution < -0.4 is 5.32 Å². The lowest BCUT2D eigenvalue weighted by molar-refractivity contribution is -0.137. The second kappa shape index (κ2) is 11.2. The van der Waals surface area contributed by atoms with E-state index >= 15 is 0 Å². The van der Waals surface area contributed by atoms with Crippen LogP contribution in [0.1, 0.15) is 90.4 Å². The Balaban J connectivity index is 1.14. The van der Waals surface area contributed by atoms with Gasteiger partial charge in [0.2, 0.25) is 5.95 Å². The molecular weight excluding hydrogens is 563 g/mol. The summed E-state index contributed by atoms with van der Waals surface area (Å²) in [5, 5.41) is 8.54. The molecule has 0 aliphatic heterocycles. The van der Waals surface area contributed by atoms with E-state index in [2.05, 4.69) is 21.5 Å². The SMILES string of the molecule is CCC(CC(=O)c1ccc(C2CC2)c(-c2ccc3nc(Nc4cnn(C5CC5)c4)ncc3c2)c1)c1cccc(C(F)(F)F)c1. The Kier molecular flexibility index (Phi) is 7.19. The van der Waals surface area contributed by atoms with Crippen LogP contribution in [0.2, 0.25) is 0 Å². The van der Waals surface area contributed by atoms with Gasteiger partial charge in [0.15, 0.2) is 5.78 Å². The summed E-state index contributed by atoms with van der Waals surface area (Å²) >= 11 is 0.